The lowest BCUT2D eigenvalue weighted by atomic mass is 10.2. The van der Waals surface area contributed by atoms with Crippen LogP contribution in [0, 0.1) is 0 Å². The van der Waals surface area contributed by atoms with E-state index < -0.39 is 23.7 Å². The number of carboxylic acid groups (broad SMARTS) is 1. The molecule has 1 rings (SSSR count). The van der Waals surface area contributed by atoms with E-state index in [0.717, 1.165) is 12.8 Å². The van der Waals surface area contributed by atoms with Crippen LogP contribution in [-0.2, 0) is 9.53 Å². The summed E-state index contributed by atoms with van der Waals surface area (Å²) in [4.78, 5) is 22.7. The Hall–Kier alpha value is -0.910. The number of hydrogen-bond acceptors (Lipinski definition) is 4. The van der Waals surface area contributed by atoms with Gasteiger partial charge in [-0.05, 0) is 33.6 Å². The van der Waals surface area contributed by atoms with Crippen LogP contribution in [0.1, 0.15) is 46.5 Å². The molecule has 5 nitrogen and oxygen atoms in total. The lowest BCUT2D eigenvalue weighted by Gasteiger charge is -2.22. The van der Waals surface area contributed by atoms with Crippen molar-refractivity contribution in [2.75, 3.05) is 5.75 Å². The van der Waals surface area contributed by atoms with E-state index in [1.807, 2.05) is 0 Å². The highest BCUT2D eigenvalue weighted by atomic mass is 32.2. The molecule has 1 saturated carbocycles. The summed E-state index contributed by atoms with van der Waals surface area (Å²) in [6.07, 6.45) is 4.04. The van der Waals surface area contributed by atoms with Crippen LogP contribution in [0.15, 0.2) is 0 Å². The minimum absolute atomic E-state index is 0.388. The Bertz CT molecular complexity index is 321. The molecule has 1 fully saturated rings. The maximum Gasteiger partial charge on any atom is 0.408 e. The Morgan fingerprint density at radius 1 is 1.37 bits per heavy atom. The number of ether oxygens (including phenoxy) is 1. The quantitative estimate of drug-likeness (QED) is 0.813. The Kier molecular flexibility index (Phi) is 5.97. The molecule has 1 atom stereocenters. The minimum Gasteiger partial charge on any atom is -0.480 e. The third kappa shape index (κ3) is 6.71. The van der Waals surface area contributed by atoms with E-state index in [1.165, 1.54) is 12.8 Å². The van der Waals surface area contributed by atoms with Gasteiger partial charge < -0.3 is 15.2 Å². The summed E-state index contributed by atoms with van der Waals surface area (Å²) in [5, 5.41) is 12.1. The van der Waals surface area contributed by atoms with Gasteiger partial charge in [0.05, 0.1) is 0 Å². The van der Waals surface area contributed by atoms with Crippen molar-refractivity contribution in [3.63, 3.8) is 0 Å². The van der Waals surface area contributed by atoms with Gasteiger partial charge in [-0.15, -0.1) is 0 Å². The fourth-order valence-corrected chi connectivity index (χ4v) is 3.27. The van der Waals surface area contributed by atoms with Crippen molar-refractivity contribution in [3.05, 3.63) is 0 Å². The van der Waals surface area contributed by atoms with Gasteiger partial charge in [0.2, 0.25) is 0 Å². The van der Waals surface area contributed by atoms with Gasteiger partial charge in [-0.3, -0.25) is 0 Å². The average molecular weight is 289 g/mol. The van der Waals surface area contributed by atoms with Crippen LogP contribution >= 0.6 is 11.8 Å². The molecule has 1 aliphatic rings. The van der Waals surface area contributed by atoms with Crippen molar-refractivity contribution in [1.82, 2.24) is 5.32 Å². The number of rotatable bonds is 5. The number of carboxylic acids is 1. The summed E-state index contributed by atoms with van der Waals surface area (Å²) in [5.41, 5.74) is -0.619. The average Bonchev–Trinajstić information content (AvgIpc) is 2.73. The maximum atomic E-state index is 11.6. The molecule has 0 aromatic rings. The predicted molar refractivity (Wildman–Crippen MR) is 75.5 cm³/mol. The zero-order valence-corrected chi connectivity index (χ0v) is 12.6. The zero-order chi connectivity index (χ0) is 14.5. The van der Waals surface area contributed by atoms with Crippen LogP contribution < -0.4 is 5.32 Å². The summed E-state index contributed by atoms with van der Waals surface area (Å²) in [7, 11) is 0. The minimum atomic E-state index is -1.02. The van der Waals surface area contributed by atoms with Crippen LogP contribution in [0.5, 0.6) is 0 Å². The highest BCUT2D eigenvalue weighted by Gasteiger charge is 2.25. The molecule has 1 amide bonds. The van der Waals surface area contributed by atoms with Crippen LogP contribution in [0.2, 0.25) is 0 Å². The number of thioether (sulfide) groups is 1. The molecule has 0 bridgehead atoms. The molecule has 1 aliphatic carbocycles. The second-order valence-electron chi connectivity index (χ2n) is 5.78. The Labute approximate surface area is 118 Å². The number of hydrogen-bond donors (Lipinski definition) is 2. The topological polar surface area (TPSA) is 75.6 Å². The van der Waals surface area contributed by atoms with E-state index in [-0.39, 0.29) is 0 Å². The molecule has 0 radical (unpaired) electrons. The first-order valence-corrected chi connectivity index (χ1v) is 7.67. The van der Waals surface area contributed by atoms with Crippen molar-refractivity contribution < 1.29 is 19.4 Å². The van der Waals surface area contributed by atoms with Gasteiger partial charge in [-0.1, -0.05) is 12.8 Å². The van der Waals surface area contributed by atoms with E-state index in [4.69, 9.17) is 9.84 Å². The molecular formula is C13H23NO4S. The molecule has 110 valence electrons. The van der Waals surface area contributed by atoms with Crippen molar-refractivity contribution >= 4 is 23.8 Å². The van der Waals surface area contributed by atoms with Gasteiger partial charge in [0.25, 0.3) is 0 Å². The lowest BCUT2D eigenvalue weighted by Crippen LogP contribution is -2.45. The molecule has 1 unspecified atom stereocenters. The van der Waals surface area contributed by atoms with Crippen LogP contribution in [-0.4, -0.2) is 39.8 Å². The molecule has 2 N–H and O–H groups in total. The highest BCUT2D eigenvalue weighted by molar-refractivity contribution is 8.00. The van der Waals surface area contributed by atoms with Gasteiger partial charge >= 0.3 is 12.1 Å². The fraction of sp³-hybridized carbons (Fsp3) is 0.846. The van der Waals surface area contributed by atoms with Gasteiger partial charge in [-0.2, -0.15) is 11.8 Å². The van der Waals surface area contributed by atoms with E-state index in [0.29, 0.717) is 11.0 Å². The number of carbonyl (C=O) groups excluding carboxylic acids is 1. The monoisotopic (exact) mass is 289 g/mol. The first-order valence-electron chi connectivity index (χ1n) is 6.62. The van der Waals surface area contributed by atoms with E-state index in [9.17, 15) is 9.59 Å². The molecule has 0 heterocycles. The standard InChI is InChI=1S/C13H23NO4S/c1-13(2,3)18-12(17)14-10(11(15)16)8-19-9-6-4-5-7-9/h9-10H,4-8H2,1-3H3,(H,14,17)(H,15,16). The smallest absolute Gasteiger partial charge is 0.408 e. The van der Waals surface area contributed by atoms with Gasteiger partial charge in [0, 0.05) is 11.0 Å². The summed E-state index contributed by atoms with van der Waals surface area (Å²) in [5.74, 6) is -0.629. The molecular weight excluding hydrogens is 266 g/mol. The summed E-state index contributed by atoms with van der Waals surface area (Å²) in [6, 6.07) is -0.888. The maximum absolute atomic E-state index is 11.6. The highest BCUT2D eigenvalue weighted by Crippen LogP contribution is 2.29. The molecule has 0 aromatic carbocycles. The van der Waals surface area contributed by atoms with Crippen LogP contribution in [0.25, 0.3) is 0 Å². The second kappa shape index (κ2) is 7.03. The van der Waals surface area contributed by atoms with Crippen molar-refractivity contribution in [3.8, 4) is 0 Å². The number of nitrogens with one attached hydrogen (secondary N) is 1. The van der Waals surface area contributed by atoms with E-state index in [1.54, 1.807) is 32.5 Å². The molecule has 0 aliphatic heterocycles. The van der Waals surface area contributed by atoms with Gasteiger partial charge in [0.1, 0.15) is 11.6 Å². The van der Waals surface area contributed by atoms with Gasteiger partial charge in [-0.25, -0.2) is 9.59 Å². The first-order chi connectivity index (χ1) is 8.78. The van der Waals surface area contributed by atoms with E-state index in [2.05, 4.69) is 5.32 Å². The van der Waals surface area contributed by atoms with Crippen LogP contribution in [0.4, 0.5) is 4.79 Å². The summed E-state index contributed by atoms with van der Waals surface area (Å²) >= 11 is 1.63. The number of carbonyl (C=O) groups is 2. The molecule has 6 heteroatoms. The third-order valence-electron chi connectivity index (χ3n) is 2.79. The number of amides is 1. The Morgan fingerprint density at radius 2 is 1.95 bits per heavy atom. The molecule has 0 aromatic heterocycles. The predicted octanol–water partition coefficient (Wildman–Crippen LogP) is 2.64. The Balaban J connectivity index is 2.39. The Morgan fingerprint density at radius 3 is 2.42 bits per heavy atom. The first kappa shape index (κ1) is 16.1. The fourth-order valence-electron chi connectivity index (χ4n) is 1.91. The van der Waals surface area contributed by atoms with Crippen LogP contribution in [0.3, 0.4) is 0 Å². The second-order valence-corrected chi connectivity index (χ2v) is 7.11. The lowest BCUT2D eigenvalue weighted by molar-refractivity contribution is -0.138. The van der Waals surface area contributed by atoms with Gasteiger partial charge in [0.15, 0.2) is 0 Å². The summed E-state index contributed by atoms with van der Waals surface area (Å²) in [6.45, 7) is 5.24. The molecule has 19 heavy (non-hydrogen) atoms. The summed E-state index contributed by atoms with van der Waals surface area (Å²) < 4.78 is 5.07. The normalized spacial score (nSPS) is 18.1. The zero-order valence-electron chi connectivity index (χ0n) is 11.8. The third-order valence-corrected chi connectivity index (χ3v) is 4.26. The SMILES string of the molecule is CC(C)(C)OC(=O)NC(CSC1CCCC1)C(=O)O. The number of alkyl carbamates (subject to hydrolysis) is 1. The van der Waals surface area contributed by atoms with Crippen molar-refractivity contribution in [1.29, 1.82) is 0 Å². The largest absolute Gasteiger partial charge is 0.480 e. The van der Waals surface area contributed by atoms with Crippen molar-refractivity contribution in [2.45, 2.75) is 63.3 Å². The molecule has 0 saturated heterocycles. The van der Waals surface area contributed by atoms with E-state index >= 15 is 0 Å². The molecule has 0 spiro atoms. The number of aliphatic carboxylic acids is 1. The van der Waals surface area contributed by atoms with Crippen molar-refractivity contribution in [2.24, 2.45) is 0 Å².